The molecule has 2 fully saturated rings. The van der Waals surface area contributed by atoms with E-state index >= 15 is 0 Å². The van der Waals surface area contributed by atoms with Crippen LogP contribution in [0.2, 0.25) is 0 Å². The number of pyridine rings is 1. The molecular formula is C15H23N3. The van der Waals surface area contributed by atoms with E-state index in [2.05, 4.69) is 41.3 Å². The fraction of sp³-hybridized carbons (Fsp3) is 0.667. The fourth-order valence-corrected chi connectivity index (χ4v) is 2.35. The lowest BCUT2D eigenvalue weighted by molar-refractivity contribution is 0.685. The first-order valence-corrected chi connectivity index (χ1v) is 7.13. The second-order valence-corrected chi connectivity index (χ2v) is 5.95. The van der Waals surface area contributed by atoms with Crippen LogP contribution >= 0.6 is 0 Å². The second-order valence-electron chi connectivity index (χ2n) is 5.95. The normalized spacial score (nSPS) is 19.0. The topological polar surface area (TPSA) is 28.2 Å². The Hall–Kier alpha value is -1.09. The lowest BCUT2D eigenvalue weighted by Gasteiger charge is -2.19. The minimum Gasteiger partial charge on any atom is -0.359 e. The third kappa shape index (κ3) is 3.22. The average Bonchev–Trinajstić information content (AvgIpc) is 3.20. The van der Waals surface area contributed by atoms with Crippen molar-refractivity contribution in [2.24, 2.45) is 5.92 Å². The Morgan fingerprint density at radius 2 is 2.06 bits per heavy atom. The van der Waals surface area contributed by atoms with Gasteiger partial charge in [-0.05, 0) is 56.2 Å². The van der Waals surface area contributed by atoms with Gasteiger partial charge in [-0.15, -0.1) is 0 Å². The number of aryl methyl sites for hydroxylation is 1. The minimum atomic E-state index is 0.770. The van der Waals surface area contributed by atoms with Crippen molar-refractivity contribution in [2.75, 3.05) is 18.5 Å². The molecule has 98 valence electrons. The molecule has 0 unspecified atom stereocenters. The van der Waals surface area contributed by atoms with Crippen LogP contribution in [0.5, 0.6) is 0 Å². The molecule has 0 bridgehead atoms. The quantitative estimate of drug-likeness (QED) is 0.834. The number of rotatable bonds is 6. The van der Waals surface area contributed by atoms with E-state index in [4.69, 9.17) is 0 Å². The maximum atomic E-state index is 4.66. The number of hydrogen-bond donors (Lipinski definition) is 1. The van der Waals surface area contributed by atoms with Crippen molar-refractivity contribution >= 4 is 5.82 Å². The molecule has 3 rings (SSSR count). The van der Waals surface area contributed by atoms with E-state index in [0.29, 0.717) is 0 Å². The summed E-state index contributed by atoms with van der Waals surface area (Å²) in [5, 5.41) is 3.57. The van der Waals surface area contributed by atoms with Crippen molar-refractivity contribution in [2.45, 2.75) is 45.2 Å². The van der Waals surface area contributed by atoms with E-state index < -0.39 is 0 Å². The molecule has 0 atom stereocenters. The zero-order chi connectivity index (χ0) is 12.5. The third-order valence-corrected chi connectivity index (χ3v) is 3.79. The highest BCUT2D eigenvalue weighted by Crippen LogP contribution is 2.30. The molecule has 0 aromatic carbocycles. The third-order valence-electron chi connectivity index (χ3n) is 3.79. The van der Waals surface area contributed by atoms with E-state index in [1.165, 1.54) is 31.2 Å². The van der Waals surface area contributed by atoms with Gasteiger partial charge in [0, 0.05) is 31.9 Å². The average molecular weight is 245 g/mol. The summed E-state index contributed by atoms with van der Waals surface area (Å²) < 4.78 is 0. The van der Waals surface area contributed by atoms with E-state index in [0.717, 1.165) is 36.6 Å². The van der Waals surface area contributed by atoms with Crippen LogP contribution in [0.3, 0.4) is 0 Å². The molecule has 3 nitrogen and oxygen atoms in total. The van der Waals surface area contributed by atoms with Crippen molar-refractivity contribution in [3.05, 3.63) is 23.4 Å². The lowest BCUT2D eigenvalue weighted by atomic mass is 10.2. The standard InChI is InChI=1S/C15H23N3/c1-11-7-13(9-16-14-5-6-14)8-15(17-11)18(2)10-12-3-4-12/h7-8,12,14,16H,3-6,9-10H2,1-2H3. The highest BCUT2D eigenvalue weighted by atomic mass is 15.2. The monoisotopic (exact) mass is 245 g/mol. The van der Waals surface area contributed by atoms with Gasteiger partial charge in [0.15, 0.2) is 0 Å². The van der Waals surface area contributed by atoms with E-state index in [1.54, 1.807) is 0 Å². The van der Waals surface area contributed by atoms with Gasteiger partial charge in [-0.2, -0.15) is 0 Å². The zero-order valence-electron chi connectivity index (χ0n) is 11.4. The van der Waals surface area contributed by atoms with Gasteiger partial charge in [-0.1, -0.05) is 0 Å². The number of nitrogens with one attached hydrogen (secondary N) is 1. The van der Waals surface area contributed by atoms with E-state index in [1.807, 2.05) is 0 Å². The highest BCUT2D eigenvalue weighted by molar-refractivity contribution is 5.42. The summed E-state index contributed by atoms with van der Waals surface area (Å²) in [7, 11) is 2.16. The van der Waals surface area contributed by atoms with Crippen LogP contribution in [-0.2, 0) is 6.54 Å². The van der Waals surface area contributed by atoms with Crippen LogP contribution in [-0.4, -0.2) is 24.6 Å². The summed E-state index contributed by atoms with van der Waals surface area (Å²) in [5.74, 6) is 2.04. The molecule has 2 saturated carbocycles. The smallest absolute Gasteiger partial charge is 0.128 e. The molecule has 0 aliphatic heterocycles. The summed E-state index contributed by atoms with van der Waals surface area (Å²) in [6.07, 6.45) is 5.48. The molecule has 18 heavy (non-hydrogen) atoms. The summed E-state index contributed by atoms with van der Waals surface area (Å²) >= 11 is 0. The minimum absolute atomic E-state index is 0.770. The maximum Gasteiger partial charge on any atom is 0.128 e. The van der Waals surface area contributed by atoms with Crippen molar-refractivity contribution in [1.82, 2.24) is 10.3 Å². The van der Waals surface area contributed by atoms with Gasteiger partial charge in [0.2, 0.25) is 0 Å². The Balaban J connectivity index is 1.67. The molecule has 0 spiro atoms. The van der Waals surface area contributed by atoms with Crippen molar-refractivity contribution in [3.8, 4) is 0 Å². The Morgan fingerprint density at radius 1 is 1.28 bits per heavy atom. The van der Waals surface area contributed by atoms with Crippen LogP contribution in [0, 0.1) is 12.8 Å². The molecule has 0 amide bonds. The molecule has 2 aliphatic rings. The molecule has 1 aromatic rings. The van der Waals surface area contributed by atoms with Crippen LogP contribution in [0.1, 0.15) is 36.9 Å². The first kappa shape index (κ1) is 12.0. The van der Waals surface area contributed by atoms with Gasteiger partial charge >= 0.3 is 0 Å². The van der Waals surface area contributed by atoms with Gasteiger partial charge < -0.3 is 10.2 Å². The van der Waals surface area contributed by atoms with Gasteiger partial charge in [0.1, 0.15) is 5.82 Å². The summed E-state index contributed by atoms with van der Waals surface area (Å²) in [6, 6.07) is 5.21. The highest BCUT2D eigenvalue weighted by Gasteiger charge is 2.24. The summed E-state index contributed by atoms with van der Waals surface area (Å²) in [5.41, 5.74) is 2.50. The molecule has 3 heteroatoms. The van der Waals surface area contributed by atoms with E-state index in [9.17, 15) is 0 Å². The van der Waals surface area contributed by atoms with Crippen molar-refractivity contribution < 1.29 is 0 Å². The second kappa shape index (κ2) is 4.88. The summed E-state index contributed by atoms with van der Waals surface area (Å²) in [4.78, 5) is 6.97. The Bertz CT molecular complexity index is 422. The number of nitrogens with zero attached hydrogens (tertiary/aromatic N) is 2. The molecule has 1 heterocycles. The summed E-state index contributed by atoms with van der Waals surface area (Å²) in [6.45, 7) is 4.24. The predicted octanol–water partition coefficient (Wildman–Crippen LogP) is 2.49. The molecule has 1 aromatic heterocycles. The van der Waals surface area contributed by atoms with E-state index in [-0.39, 0.29) is 0 Å². The van der Waals surface area contributed by atoms with Gasteiger partial charge in [0.05, 0.1) is 0 Å². The van der Waals surface area contributed by atoms with Crippen molar-refractivity contribution in [1.29, 1.82) is 0 Å². The Kier molecular flexibility index (Phi) is 3.25. The SMILES string of the molecule is Cc1cc(CNC2CC2)cc(N(C)CC2CC2)n1. The number of anilines is 1. The number of hydrogen-bond acceptors (Lipinski definition) is 3. The fourth-order valence-electron chi connectivity index (χ4n) is 2.35. The number of aromatic nitrogens is 1. The maximum absolute atomic E-state index is 4.66. The van der Waals surface area contributed by atoms with Crippen LogP contribution in [0.25, 0.3) is 0 Å². The van der Waals surface area contributed by atoms with Crippen LogP contribution < -0.4 is 10.2 Å². The van der Waals surface area contributed by atoms with Gasteiger partial charge in [-0.25, -0.2) is 4.98 Å². The van der Waals surface area contributed by atoms with Crippen LogP contribution in [0.15, 0.2) is 12.1 Å². The van der Waals surface area contributed by atoms with Gasteiger partial charge in [-0.3, -0.25) is 0 Å². The van der Waals surface area contributed by atoms with Gasteiger partial charge in [0.25, 0.3) is 0 Å². The Morgan fingerprint density at radius 3 is 2.72 bits per heavy atom. The lowest BCUT2D eigenvalue weighted by Crippen LogP contribution is -2.22. The first-order valence-electron chi connectivity index (χ1n) is 7.13. The molecular weight excluding hydrogens is 222 g/mol. The molecule has 2 aliphatic carbocycles. The molecule has 0 radical (unpaired) electrons. The zero-order valence-corrected chi connectivity index (χ0v) is 11.4. The van der Waals surface area contributed by atoms with Crippen molar-refractivity contribution in [3.63, 3.8) is 0 Å². The predicted molar refractivity (Wildman–Crippen MR) is 74.8 cm³/mol. The largest absolute Gasteiger partial charge is 0.359 e. The van der Waals surface area contributed by atoms with Crippen LogP contribution in [0.4, 0.5) is 5.82 Å². The first-order chi connectivity index (χ1) is 8.70. The molecule has 1 N–H and O–H groups in total. The Labute approximate surface area is 110 Å². The molecule has 0 saturated heterocycles.